The molecule has 0 heterocycles. The number of methoxy groups -OCH3 is 1. The molecule has 2 rings (SSSR count). The van der Waals surface area contributed by atoms with Crippen molar-refractivity contribution in [3.8, 4) is 5.75 Å². The number of amides is 1. The molecule has 0 aliphatic heterocycles. The Balaban J connectivity index is 1.83. The zero-order valence-electron chi connectivity index (χ0n) is 13.4. The number of hydrogen-bond donors (Lipinski definition) is 1. The first-order chi connectivity index (χ1) is 11.2. The molecule has 1 amide bonds. The number of carbonyl (C=O) groups is 1. The summed E-state index contributed by atoms with van der Waals surface area (Å²) in [6.07, 6.45) is 0. The standard InChI is InChI=1S/C18H21NO3S/c1-3-22-16-7-9-17(10-8-16)23-13-18(20)19-15-6-4-5-14(11-15)12-21-2/h4-11H,3,12-13H2,1-2H3,(H,19,20). The van der Waals surface area contributed by atoms with E-state index in [2.05, 4.69) is 5.32 Å². The minimum absolute atomic E-state index is 0.0292. The molecule has 0 radical (unpaired) electrons. The molecule has 1 N–H and O–H groups in total. The number of nitrogens with one attached hydrogen (secondary N) is 1. The van der Waals surface area contributed by atoms with Gasteiger partial charge in [-0.05, 0) is 48.9 Å². The smallest absolute Gasteiger partial charge is 0.234 e. The van der Waals surface area contributed by atoms with E-state index in [-0.39, 0.29) is 5.91 Å². The number of rotatable bonds is 8. The summed E-state index contributed by atoms with van der Waals surface area (Å²) >= 11 is 1.50. The molecule has 5 heteroatoms. The number of carbonyl (C=O) groups excluding carboxylic acids is 1. The van der Waals surface area contributed by atoms with Gasteiger partial charge in [-0.15, -0.1) is 11.8 Å². The highest BCUT2D eigenvalue weighted by molar-refractivity contribution is 8.00. The average Bonchev–Trinajstić information content (AvgIpc) is 2.55. The Morgan fingerprint density at radius 2 is 1.96 bits per heavy atom. The molecule has 4 nitrogen and oxygen atoms in total. The summed E-state index contributed by atoms with van der Waals surface area (Å²) in [7, 11) is 1.65. The highest BCUT2D eigenvalue weighted by Crippen LogP contribution is 2.22. The van der Waals surface area contributed by atoms with Gasteiger partial charge in [0.25, 0.3) is 0 Å². The van der Waals surface area contributed by atoms with Gasteiger partial charge in [0.1, 0.15) is 5.75 Å². The van der Waals surface area contributed by atoms with Crippen LogP contribution in [0.3, 0.4) is 0 Å². The van der Waals surface area contributed by atoms with Crippen LogP contribution in [0.5, 0.6) is 5.75 Å². The molecule has 0 spiro atoms. The monoisotopic (exact) mass is 331 g/mol. The van der Waals surface area contributed by atoms with Crippen molar-refractivity contribution in [2.75, 3.05) is 24.8 Å². The number of benzene rings is 2. The van der Waals surface area contributed by atoms with E-state index in [0.717, 1.165) is 21.9 Å². The van der Waals surface area contributed by atoms with Crippen LogP contribution in [-0.2, 0) is 16.1 Å². The van der Waals surface area contributed by atoms with Gasteiger partial charge in [0.05, 0.1) is 19.0 Å². The summed E-state index contributed by atoms with van der Waals surface area (Å²) in [4.78, 5) is 13.1. The van der Waals surface area contributed by atoms with E-state index in [1.165, 1.54) is 11.8 Å². The maximum Gasteiger partial charge on any atom is 0.234 e. The van der Waals surface area contributed by atoms with Crippen LogP contribution >= 0.6 is 11.8 Å². The van der Waals surface area contributed by atoms with Crippen molar-refractivity contribution in [2.45, 2.75) is 18.4 Å². The Kier molecular flexibility index (Phi) is 6.97. The Morgan fingerprint density at radius 3 is 2.65 bits per heavy atom. The van der Waals surface area contributed by atoms with E-state index in [1.54, 1.807) is 7.11 Å². The van der Waals surface area contributed by atoms with E-state index < -0.39 is 0 Å². The van der Waals surface area contributed by atoms with Gasteiger partial charge >= 0.3 is 0 Å². The number of anilines is 1. The molecule has 0 unspecified atom stereocenters. The first-order valence-electron chi connectivity index (χ1n) is 7.44. The predicted octanol–water partition coefficient (Wildman–Crippen LogP) is 3.96. The van der Waals surface area contributed by atoms with Gasteiger partial charge in [-0.1, -0.05) is 12.1 Å². The van der Waals surface area contributed by atoms with Crippen LogP contribution in [0.4, 0.5) is 5.69 Å². The molecule has 2 aromatic carbocycles. The lowest BCUT2D eigenvalue weighted by Gasteiger charge is -2.08. The quantitative estimate of drug-likeness (QED) is 0.744. The molecule has 23 heavy (non-hydrogen) atoms. The third-order valence-electron chi connectivity index (χ3n) is 3.03. The van der Waals surface area contributed by atoms with Crippen LogP contribution in [0, 0.1) is 0 Å². The SMILES string of the molecule is CCOc1ccc(SCC(=O)Nc2cccc(COC)c2)cc1. The molecule has 0 saturated carbocycles. The Bertz CT molecular complexity index is 628. The average molecular weight is 331 g/mol. The lowest BCUT2D eigenvalue weighted by atomic mass is 10.2. The zero-order valence-corrected chi connectivity index (χ0v) is 14.2. The summed E-state index contributed by atoms with van der Waals surface area (Å²) in [5.41, 5.74) is 1.82. The van der Waals surface area contributed by atoms with E-state index >= 15 is 0 Å². The lowest BCUT2D eigenvalue weighted by Crippen LogP contribution is -2.14. The summed E-state index contributed by atoms with van der Waals surface area (Å²) < 4.78 is 10.5. The maximum absolute atomic E-state index is 12.0. The van der Waals surface area contributed by atoms with Gasteiger partial charge in [-0.2, -0.15) is 0 Å². The van der Waals surface area contributed by atoms with Crippen molar-refractivity contribution < 1.29 is 14.3 Å². The second-order valence-electron chi connectivity index (χ2n) is 4.87. The molecule has 0 bridgehead atoms. The van der Waals surface area contributed by atoms with Crippen molar-refractivity contribution in [1.82, 2.24) is 0 Å². The summed E-state index contributed by atoms with van der Waals surface area (Å²) in [6, 6.07) is 15.4. The Hall–Kier alpha value is -1.98. The Morgan fingerprint density at radius 1 is 1.17 bits per heavy atom. The van der Waals surface area contributed by atoms with Crippen molar-refractivity contribution in [2.24, 2.45) is 0 Å². The first-order valence-corrected chi connectivity index (χ1v) is 8.43. The van der Waals surface area contributed by atoms with Crippen LogP contribution in [0.25, 0.3) is 0 Å². The second kappa shape index (κ2) is 9.22. The van der Waals surface area contributed by atoms with E-state index in [0.29, 0.717) is 19.0 Å². The van der Waals surface area contributed by atoms with Gasteiger partial charge in [-0.3, -0.25) is 4.79 Å². The topological polar surface area (TPSA) is 47.6 Å². The zero-order chi connectivity index (χ0) is 16.5. The second-order valence-corrected chi connectivity index (χ2v) is 5.92. The lowest BCUT2D eigenvalue weighted by molar-refractivity contribution is -0.113. The van der Waals surface area contributed by atoms with Crippen LogP contribution in [0.2, 0.25) is 0 Å². The molecule has 0 aliphatic rings. The van der Waals surface area contributed by atoms with Crippen molar-refractivity contribution in [1.29, 1.82) is 0 Å². The highest BCUT2D eigenvalue weighted by atomic mass is 32.2. The predicted molar refractivity (Wildman–Crippen MR) is 94.1 cm³/mol. The van der Waals surface area contributed by atoms with Crippen molar-refractivity contribution in [3.05, 3.63) is 54.1 Å². The molecule has 0 atom stereocenters. The third kappa shape index (κ3) is 5.96. The van der Waals surface area contributed by atoms with Gasteiger partial charge in [0, 0.05) is 17.7 Å². The molecule has 0 aliphatic carbocycles. The van der Waals surface area contributed by atoms with Crippen LogP contribution < -0.4 is 10.1 Å². The van der Waals surface area contributed by atoms with Crippen molar-refractivity contribution in [3.63, 3.8) is 0 Å². The van der Waals surface area contributed by atoms with E-state index in [1.807, 2.05) is 55.5 Å². The number of thioether (sulfide) groups is 1. The van der Waals surface area contributed by atoms with Crippen molar-refractivity contribution >= 4 is 23.4 Å². The largest absolute Gasteiger partial charge is 0.494 e. The van der Waals surface area contributed by atoms with Crippen LogP contribution in [0.15, 0.2) is 53.4 Å². The molecular formula is C18H21NO3S. The summed E-state index contributed by atoms with van der Waals surface area (Å²) in [6.45, 7) is 3.14. The molecule has 2 aromatic rings. The summed E-state index contributed by atoms with van der Waals surface area (Å²) in [5.74, 6) is 1.18. The molecule has 122 valence electrons. The van der Waals surface area contributed by atoms with Crippen LogP contribution in [0.1, 0.15) is 12.5 Å². The van der Waals surface area contributed by atoms with Gasteiger partial charge in [-0.25, -0.2) is 0 Å². The van der Waals surface area contributed by atoms with Crippen LogP contribution in [-0.4, -0.2) is 25.4 Å². The minimum Gasteiger partial charge on any atom is -0.494 e. The highest BCUT2D eigenvalue weighted by Gasteiger charge is 2.05. The number of hydrogen-bond acceptors (Lipinski definition) is 4. The fourth-order valence-electron chi connectivity index (χ4n) is 2.05. The molecular weight excluding hydrogens is 310 g/mol. The fourth-order valence-corrected chi connectivity index (χ4v) is 2.75. The molecule has 0 fully saturated rings. The Labute approximate surface area is 141 Å². The van der Waals surface area contributed by atoms with Gasteiger partial charge in [0.15, 0.2) is 0 Å². The maximum atomic E-state index is 12.0. The van der Waals surface area contributed by atoms with Gasteiger partial charge < -0.3 is 14.8 Å². The normalized spacial score (nSPS) is 10.3. The number of ether oxygens (including phenoxy) is 2. The third-order valence-corrected chi connectivity index (χ3v) is 4.04. The molecule has 0 saturated heterocycles. The first kappa shape index (κ1) is 17.4. The minimum atomic E-state index is -0.0292. The van der Waals surface area contributed by atoms with E-state index in [9.17, 15) is 4.79 Å². The summed E-state index contributed by atoms with van der Waals surface area (Å²) in [5, 5.41) is 2.90. The molecule has 0 aromatic heterocycles. The van der Waals surface area contributed by atoms with Gasteiger partial charge in [0.2, 0.25) is 5.91 Å². The fraction of sp³-hybridized carbons (Fsp3) is 0.278. The van der Waals surface area contributed by atoms with E-state index in [4.69, 9.17) is 9.47 Å².